The highest BCUT2D eigenvalue weighted by atomic mass is 19.1. The van der Waals surface area contributed by atoms with Crippen LogP contribution >= 0.6 is 0 Å². The van der Waals surface area contributed by atoms with Gasteiger partial charge in [-0.05, 0) is 23.6 Å². The van der Waals surface area contributed by atoms with Gasteiger partial charge in [0.1, 0.15) is 17.4 Å². The second-order valence-electron chi connectivity index (χ2n) is 5.05. The van der Waals surface area contributed by atoms with Gasteiger partial charge in [-0.2, -0.15) is 5.26 Å². The van der Waals surface area contributed by atoms with Crippen LogP contribution in [0, 0.1) is 23.1 Å². The van der Waals surface area contributed by atoms with Gasteiger partial charge in [-0.15, -0.1) is 0 Å². The van der Waals surface area contributed by atoms with Gasteiger partial charge in [0.2, 0.25) is 0 Å². The molecule has 1 N–H and O–H groups in total. The molecule has 20 heavy (non-hydrogen) atoms. The molecule has 0 spiro atoms. The molecule has 2 aromatic rings. The van der Waals surface area contributed by atoms with Gasteiger partial charge in [-0.25, -0.2) is 4.39 Å². The molecule has 3 heteroatoms. The molecule has 1 unspecified atom stereocenters. The Morgan fingerprint density at radius 3 is 2.35 bits per heavy atom. The molecular weight excluding hydrogens is 251 g/mol. The average molecular weight is 268 g/mol. The third-order valence-electron chi connectivity index (χ3n) is 3.26. The van der Waals surface area contributed by atoms with Crippen LogP contribution in [0.5, 0.6) is 0 Å². The number of nitriles is 1. The molecule has 1 atom stereocenters. The molecule has 102 valence electrons. The maximum absolute atomic E-state index is 13.6. The summed E-state index contributed by atoms with van der Waals surface area (Å²) >= 11 is 0. The Hall–Kier alpha value is -2.34. The lowest BCUT2D eigenvalue weighted by molar-refractivity contribution is 0.545. The number of benzene rings is 2. The van der Waals surface area contributed by atoms with Crippen molar-refractivity contribution in [2.45, 2.75) is 19.9 Å². The molecule has 2 rings (SSSR count). The number of nitrogens with one attached hydrogen (secondary N) is 1. The van der Waals surface area contributed by atoms with E-state index in [1.807, 2.05) is 36.4 Å². The van der Waals surface area contributed by atoms with E-state index in [-0.39, 0.29) is 11.6 Å². The fourth-order valence-electron chi connectivity index (χ4n) is 2.22. The van der Waals surface area contributed by atoms with E-state index in [0.29, 0.717) is 11.6 Å². The maximum Gasteiger partial charge on any atom is 0.143 e. The second-order valence-corrected chi connectivity index (χ2v) is 5.05. The fraction of sp³-hybridized carbons (Fsp3) is 0.235. The predicted molar refractivity (Wildman–Crippen MR) is 78.8 cm³/mol. The first-order valence-corrected chi connectivity index (χ1v) is 6.63. The average Bonchev–Trinajstić information content (AvgIpc) is 2.45. The van der Waals surface area contributed by atoms with Crippen molar-refractivity contribution in [3.8, 4) is 6.07 Å². The Morgan fingerprint density at radius 1 is 1.05 bits per heavy atom. The first-order chi connectivity index (χ1) is 9.63. The SMILES string of the molecule is CC(C)C(Nc1cccc(F)c1C#N)c1ccccc1. The van der Waals surface area contributed by atoms with Gasteiger partial charge in [0.05, 0.1) is 11.7 Å². The summed E-state index contributed by atoms with van der Waals surface area (Å²) in [6.45, 7) is 4.19. The van der Waals surface area contributed by atoms with E-state index in [4.69, 9.17) is 5.26 Å². The Bertz CT molecular complexity index is 615. The van der Waals surface area contributed by atoms with Gasteiger partial charge < -0.3 is 5.32 Å². The van der Waals surface area contributed by atoms with Crippen LogP contribution in [0.1, 0.15) is 31.0 Å². The molecular formula is C17H17FN2. The summed E-state index contributed by atoms with van der Waals surface area (Å²) in [4.78, 5) is 0. The van der Waals surface area contributed by atoms with Crippen molar-refractivity contribution < 1.29 is 4.39 Å². The predicted octanol–water partition coefficient (Wildman–Crippen LogP) is 4.51. The van der Waals surface area contributed by atoms with Gasteiger partial charge in [0, 0.05) is 0 Å². The van der Waals surface area contributed by atoms with Gasteiger partial charge in [0.25, 0.3) is 0 Å². The van der Waals surface area contributed by atoms with Gasteiger partial charge in [-0.1, -0.05) is 50.2 Å². The minimum absolute atomic E-state index is 0.0325. The molecule has 0 fully saturated rings. The Balaban J connectivity index is 2.36. The van der Waals surface area contributed by atoms with Gasteiger partial charge in [-0.3, -0.25) is 0 Å². The topological polar surface area (TPSA) is 35.8 Å². The first-order valence-electron chi connectivity index (χ1n) is 6.63. The van der Waals surface area contributed by atoms with Gasteiger partial charge in [0.15, 0.2) is 0 Å². The minimum atomic E-state index is -0.493. The maximum atomic E-state index is 13.6. The summed E-state index contributed by atoms with van der Waals surface area (Å²) in [6.07, 6.45) is 0. The van der Waals surface area contributed by atoms with E-state index >= 15 is 0 Å². The summed E-state index contributed by atoms with van der Waals surface area (Å²) in [5.41, 5.74) is 1.72. The lowest BCUT2D eigenvalue weighted by Crippen LogP contribution is -2.17. The second kappa shape index (κ2) is 6.21. The van der Waals surface area contributed by atoms with Crippen LogP contribution in [0.2, 0.25) is 0 Å². The normalized spacial score (nSPS) is 11.9. The van der Waals surface area contributed by atoms with Crippen LogP contribution in [0.4, 0.5) is 10.1 Å². The van der Waals surface area contributed by atoms with E-state index in [1.54, 1.807) is 12.1 Å². The van der Waals surface area contributed by atoms with Crippen molar-refractivity contribution in [2.24, 2.45) is 5.92 Å². The summed E-state index contributed by atoms with van der Waals surface area (Å²) in [5, 5.41) is 12.4. The third-order valence-corrected chi connectivity index (χ3v) is 3.26. The van der Waals surface area contributed by atoms with Crippen molar-refractivity contribution in [3.63, 3.8) is 0 Å². The van der Waals surface area contributed by atoms with E-state index in [1.165, 1.54) is 6.07 Å². The molecule has 0 saturated carbocycles. The summed E-state index contributed by atoms with van der Waals surface area (Å²) in [6, 6.07) is 16.6. The van der Waals surface area contributed by atoms with Crippen LogP contribution in [-0.4, -0.2) is 0 Å². The highest BCUT2D eigenvalue weighted by molar-refractivity contribution is 5.59. The highest BCUT2D eigenvalue weighted by Crippen LogP contribution is 2.28. The molecule has 0 aliphatic heterocycles. The Morgan fingerprint density at radius 2 is 1.75 bits per heavy atom. The third kappa shape index (κ3) is 2.97. The molecule has 0 aliphatic carbocycles. The van der Waals surface area contributed by atoms with Crippen LogP contribution < -0.4 is 5.32 Å². The Labute approximate surface area is 118 Å². The minimum Gasteiger partial charge on any atom is -0.377 e. The van der Waals surface area contributed by atoms with E-state index < -0.39 is 5.82 Å². The summed E-state index contributed by atoms with van der Waals surface area (Å²) in [7, 11) is 0. The van der Waals surface area contributed by atoms with Crippen LogP contribution in [0.3, 0.4) is 0 Å². The van der Waals surface area contributed by atoms with Crippen molar-refractivity contribution in [3.05, 3.63) is 65.5 Å². The Kier molecular flexibility index (Phi) is 4.37. The quantitative estimate of drug-likeness (QED) is 0.885. The fourth-order valence-corrected chi connectivity index (χ4v) is 2.22. The monoisotopic (exact) mass is 268 g/mol. The molecule has 0 heterocycles. The molecule has 2 nitrogen and oxygen atoms in total. The van der Waals surface area contributed by atoms with Crippen LogP contribution in [0.15, 0.2) is 48.5 Å². The molecule has 0 saturated heterocycles. The molecule has 0 aliphatic rings. The van der Waals surface area contributed by atoms with Crippen molar-refractivity contribution in [1.29, 1.82) is 5.26 Å². The number of rotatable bonds is 4. The van der Waals surface area contributed by atoms with E-state index in [2.05, 4.69) is 19.2 Å². The van der Waals surface area contributed by atoms with E-state index in [9.17, 15) is 4.39 Å². The number of nitrogens with zero attached hydrogens (tertiary/aromatic N) is 1. The van der Waals surface area contributed by atoms with Crippen molar-refractivity contribution in [2.75, 3.05) is 5.32 Å². The zero-order chi connectivity index (χ0) is 14.5. The molecule has 2 aromatic carbocycles. The number of anilines is 1. The zero-order valence-corrected chi connectivity index (χ0v) is 11.6. The van der Waals surface area contributed by atoms with Crippen LogP contribution in [0.25, 0.3) is 0 Å². The van der Waals surface area contributed by atoms with Crippen molar-refractivity contribution >= 4 is 5.69 Å². The number of halogens is 1. The number of hydrogen-bond acceptors (Lipinski definition) is 2. The standard InChI is InChI=1S/C17H17FN2/c1-12(2)17(13-7-4-3-5-8-13)20-16-10-6-9-15(18)14(16)11-19/h3-10,12,17,20H,1-2H3. The highest BCUT2D eigenvalue weighted by Gasteiger charge is 2.17. The molecule has 0 amide bonds. The lowest BCUT2D eigenvalue weighted by atomic mass is 9.95. The largest absolute Gasteiger partial charge is 0.377 e. The molecule has 0 bridgehead atoms. The summed E-state index contributed by atoms with van der Waals surface area (Å²) < 4.78 is 13.6. The zero-order valence-electron chi connectivity index (χ0n) is 11.6. The number of hydrogen-bond donors (Lipinski definition) is 1. The smallest absolute Gasteiger partial charge is 0.143 e. The molecule has 0 radical (unpaired) electrons. The summed E-state index contributed by atoms with van der Waals surface area (Å²) in [5.74, 6) is -0.180. The van der Waals surface area contributed by atoms with E-state index in [0.717, 1.165) is 5.56 Å². The van der Waals surface area contributed by atoms with Gasteiger partial charge >= 0.3 is 0 Å². The molecule has 0 aromatic heterocycles. The first kappa shape index (κ1) is 14.1. The van der Waals surface area contributed by atoms with Crippen molar-refractivity contribution in [1.82, 2.24) is 0 Å². The van der Waals surface area contributed by atoms with Crippen LogP contribution in [-0.2, 0) is 0 Å². The lowest BCUT2D eigenvalue weighted by Gasteiger charge is -2.24.